The van der Waals surface area contributed by atoms with Gasteiger partial charge in [-0.25, -0.2) is 4.58 Å². The van der Waals surface area contributed by atoms with Crippen LogP contribution in [0.4, 0.5) is 0 Å². The highest BCUT2D eigenvalue weighted by atomic mass is 16.5. The molecule has 0 amide bonds. The van der Waals surface area contributed by atoms with E-state index >= 15 is 0 Å². The zero-order valence-corrected chi connectivity index (χ0v) is 15.6. The molecule has 0 aliphatic rings. The number of rotatable bonds is 11. The van der Waals surface area contributed by atoms with E-state index in [1.54, 1.807) is 13.2 Å². The highest BCUT2D eigenvalue weighted by Gasteiger charge is 2.29. The Balaban J connectivity index is 5.18. The van der Waals surface area contributed by atoms with Gasteiger partial charge in [0.1, 0.15) is 19.1 Å². The maximum absolute atomic E-state index is 9.30. The molecule has 0 spiro atoms. The Kier molecular flexibility index (Phi) is 9.67. The van der Waals surface area contributed by atoms with Gasteiger partial charge in [-0.1, -0.05) is 58.7 Å². The summed E-state index contributed by atoms with van der Waals surface area (Å²) in [6.07, 6.45) is 7.59. The molecule has 2 atom stereocenters. The summed E-state index contributed by atoms with van der Waals surface area (Å²) in [5.41, 5.74) is 2.17. The lowest BCUT2D eigenvalue weighted by Gasteiger charge is -2.21. The zero-order valence-electron chi connectivity index (χ0n) is 15.6. The van der Waals surface area contributed by atoms with Crippen LogP contribution in [0.3, 0.4) is 0 Å². The standard InChI is InChI=1S/C21H31NO2/c1-15(2)10-13-18(5)22(8)21(14-24-9)19(6)16(3)11-12-17(4)20(7)23/h10-13,15,19,21H,3-5,7-8,14H2,1-2,6,9H3/p+1/b12-11-,13-10-. The summed E-state index contributed by atoms with van der Waals surface area (Å²) in [4.78, 5) is 0. The minimum Gasteiger partial charge on any atom is -0.508 e. The van der Waals surface area contributed by atoms with E-state index in [9.17, 15) is 5.11 Å². The van der Waals surface area contributed by atoms with E-state index in [2.05, 4.69) is 59.9 Å². The fourth-order valence-electron chi connectivity index (χ4n) is 1.99. The van der Waals surface area contributed by atoms with Gasteiger partial charge < -0.3 is 9.84 Å². The molecule has 0 rings (SSSR count). The van der Waals surface area contributed by atoms with Crippen molar-refractivity contribution in [3.63, 3.8) is 0 Å². The van der Waals surface area contributed by atoms with Gasteiger partial charge in [-0.2, -0.15) is 0 Å². The molecule has 0 aromatic carbocycles. The molecule has 132 valence electrons. The normalized spacial score (nSPS) is 14.0. The van der Waals surface area contributed by atoms with Crippen molar-refractivity contribution >= 4 is 6.72 Å². The Morgan fingerprint density at radius 1 is 1.08 bits per heavy atom. The van der Waals surface area contributed by atoms with Crippen LogP contribution in [0.25, 0.3) is 0 Å². The second-order valence-electron chi connectivity index (χ2n) is 6.26. The summed E-state index contributed by atoms with van der Waals surface area (Å²) in [5, 5.41) is 9.30. The van der Waals surface area contributed by atoms with Crippen molar-refractivity contribution < 1.29 is 14.4 Å². The lowest BCUT2D eigenvalue weighted by atomic mass is 9.93. The maximum Gasteiger partial charge on any atom is 0.197 e. The molecule has 0 saturated carbocycles. The van der Waals surface area contributed by atoms with Crippen LogP contribution < -0.4 is 0 Å². The van der Waals surface area contributed by atoms with Gasteiger partial charge in [0.15, 0.2) is 11.7 Å². The monoisotopic (exact) mass is 330 g/mol. The molecule has 0 radical (unpaired) electrons. The summed E-state index contributed by atoms with van der Waals surface area (Å²) >= 11 is 0. The van der Waals surface area contributed by atoms with Crippen molar-refractivity contribution in [3.8, 4) is 0 Å². The minimum absolute atomic E-state index is 0.0120. The van der Waals surface area contributed by atoms with Crippen LogP contribution in [0.5, 0.6) is 0 Å². The maximum atomic E-state index is 9.30. The summed E-state index contributed by atoms with van der Waals surface area (Å²) in [6, 6.07) is -0.0120. The summed E-state index contributed by atoms with van der Waals surface area (Å²) in [5.74, 6) is 0.470. The number of ether oxygens (including phenoxy) is 1. The van der Waals surface area contributed by atoms with Crippen LogP contribution in [0, 0.1) is 11.8 Å². The lowest BCUT2D eigenvalue weighted by Crippen LogP contribution is -2.35. The predicted molar refractivity (Wildman–Crippen MR) is 105 cm³/mol. The molecule has 0 aromatic heterocycles. The van der Waals surface area contributed by atoms with Gasteiger partial charge in [0.2, 0.25) is 0 Å². The summed E-state index contributed by atoms with van der Waals surface area (Å²) < 4.78 is 7.22. The quantitative estimate of drug-likeness (QED) is 0.255. The molecule has 3 heteroatoms. The number of hydrogen-bond acceptors (Lipinski definition) is 2. The highest BCUT2D eigenvalue weighted by Crippen LogP contribution is 2.21. The first kappa shape index (κ1) is 21.9. The van der Waals surface area contributed by atoms with E-state index in [0.29, 0.717) is 18.1 Å². The zero-order chi connectivity index (χ0) is 18.9. The van der Waals surface area contributed by atoms with Crippen molar-refractivity contribution in [2.45, 2.75) is 26.8 Å². The minimum atomic E-state index is -0.0499. The molecular weight excluding hydrogens is 298 g/mol. The number of nitrogens with zero attached hydrogens (tertiary/aromatic N) is 1. The average molecular weight is 330 g/mol. The molecule has 0 aliphatic heterocycles. The second kappa shape index (κ2) is 10.6. The first-order chi connectivity index (χ1) is 11.1. The van der Waals surface area contributed by atoms with Gasteiger partial charge in [0.25, 0.3) is 0 Å². The van der Waals surface area contributed by atoms with Gasteiger partial charge >= 0.3 is 0 Å². The van der Waals surface area contributed by atoms with Crippen molar-refractivity contribution in [3.05, 3.63) is 73.2 Å². The Labute approximate surface area is 147 Å². The third kappa shape index (κ3) is 7.42. The van der Waals surface area contributed by atoms with Crippen LogP contribution in [-0.4, -0.2) is 36.2 Å². The molecule has 1 N–H and O–H groups in total. The third-order valence-corrected chi connectivity index (χ3v) is 3.81. The Morgan fingerprint density at radius 2 is 1.67 bits per heavy atom. The first-order valence-corrected chi connectivity index (χ1v) is 8.01. The van der Waals surface area contributed by atoms with E-state index in [4.69, 9.17) is 4.74 Å². The van der Waals surface area contributed by atoms with Crippen LogP contribution >= 0.6 is 0 Å². The van der Waals surface area contributed by atoms with Crippen LogP contribution in [-0.2, 0) is 4.74 Å². The number of allylic oxidation sites excluding steroid dienone is 4. The fraction of sp³-hybridized carbons (Fsp3) is 0.381. The number of methoxy groups -OCH3 is 1. The molecule has 0 bridgehead atoms. The second-order valence-corrected chi connectivity index (χ2v) is 6.26. The van der Waals surface area contributed by atoms with Gasteiger partial charge in [0, 0.05) is 24.7 Å². The van der Waals surface area contributed by atoms with Gasteiger partial charge in [-0.15, -0.1) is 0 Å². The SMILES string of the molecule is C=C(O)C(=C)/C=C\C(=C)C(C)C(COC)[N+](=C)C(=C)/C=C\C(C)C. The average Bonchev–Trinajstić information content (AvgIpc) is 2.53. The van der Waals surface area contributed by atoms with Crippen molar-refractivity contribution in [1.82, 2.24) is 0 Å². The third-order valence-electron chi connectivity index (χ3n) is 3.81. The number of aliphatic hydroxyl groups is 1. The number of aliphatic hydroxyl groups excluding tert-OH is 1. The van der Waals surface area contributed by atoms with Crippen molar-refractivity contribution in [1.29, 1.82) is 0 Å². The van der Waals surface area contributed by atoms with Crippen molar-refractivity contribution in [2.75, 3.05) is 13.7 Å². The molecule has 24 heavy (non-hydrogen) atoms. The Bertz CT molecular complexity index is 564. The smallest absolute Gasteiger partial charge is 0.197 e. The predicted octanol–water partition coefficient (Wildman–Crippen LogP) is 4.82. The number of hydrogen-bond donors (Lipinski definition) is 1. The molecular formula is C21H32NO2+. The Morgan fingerprint density at radius 3 is 2.12 bits per heavy atom. The molecule has 0 fully saturated rings. The highest BCUT2D eigenvalue weighted by molar-refractivity contribution is 5.35. The van der Waals surface area contributed by atoms with Crippen LogP contribution in [0.15, 0.2) is 73.2 Å². The largest absolute Gasteiger partial charge is 0.508 e. The van der Waals surface area contributed by atoms with E-state index in [-0.39, 0.29) is 17.7 Å². The molecule has 0 aliphatic carbocycles. The van der Waals surface area contributed by atoms with E-state index in [1.165, 1.54) is 0 Å². The summed E-state index contributed by atoms with van der Waals surface area (Å²) in [6.45, 7) is 26.3. The van der Waals surface area contributed by atoms with Gasteiger partial charge in [-0.05, 0) is 18.1 Å². The first-order valence-electron chi connectivity index (χ1n) is 8.01. The van der Waals surface area contributed by atoms with E-state index in [0.717, 1.165) is 11.3 Å². The topological polar surface area (TPSA) is 32.5 Å². The fourth-order valence-corrected chi connectivity index (χ4v) is 1.99. The Hall–Kier alpha value is -2.13. The molecule has 2 unspecified atom stereocenters. The molecule has 0 aromatic rings. The molecule has 0 saturated heterocycles. The van der Waals surface area contributed by atoms with Crippen molar-refractivity contribution in [2.24, 2.45) is 11.8 Å². The van der Waals surface area contributed by atoms with Crippen LogP contribution in [0.1, 0.15) is 20.8 Å². The molecule has 3 nitrogen and oxygen atoms in total. The molecule has 0 heterocycles. The van der Waals surface area contributed by atoms with E-state index in [1.807, 2.05) is 16.7 Å². The van der Waals surface area contributed by atoms with E-state index < -0.39 is 0 Å². The van der Waals surface area contributed by atoms with Crippen LogP contribution in [0.2, 0.25) is 0 Å². The summed E-state index contributed by atoms with van der Waals surface area (Å²) in [7, 11) is 1.66. The van der Waals surface area contributed by atoms with Gasteiger partial charge in [-0.3, -0.25) is 0 Å². The lowest BCUT2D eigenvalue weighted by molar-refractivity contribution is -0.516. The van der Waals surface area contributed by atoms with Gasteiger partial charge in [0.05, 0.1) is 0 Å².